The molecule has 0 saturated carbocycles. The van der Waals surface area contributed by atoms with Crippen molar-refractivity contribution in [3.63, 3.8) is 0 Å². The second kappa shape index (κ2) is 15.3. The molecule has 0 aliphatic heterocycles. The van der Waals surface area contributed by atoms with Crippen molar-refractivity contribution in [1.29, 1.82) is 0 Å². The highest BCUT2D eigenvalue weighted by atomic mass is 16.5. The molecule has 0 aromatic heterocycles. The van der Waals surface area contributed by atoms with Crippen LogP contribution in [0.5, 0.6) is 0 Å². The van der Waals surface area contributed by atoms with Crippen LogP contribution >= 0.6 is 0 Å². The molecule has 0 bridgehead atoms. The van der Waals surface area contributed by atoms with Gasteiger partial charge in [-0.15, -0.1) is 0 Å². The Kier molecular flexibility index (Phi) is 11.8. The van der Waals surface area contributed by atoms with Crippen molar-refractivity contribution >= 4 is 11.8 Å². The van der Waals surface area contributed by atoms with Crippen molar-refractivity contribution in [2.75, 3.05) is 13.2 Å². The summed E-state index contributed by atoms with van der Waals surface area (Å²) in [5, 5.41) is 28.1. The number of carbonyl (C=O) groups excluding carboxylic acids is 2. The van der Waals surface area contributed by atoms with Gasteiger partial charge >= 0.3 is 0 Å². The Balaban J connectivity index is 1.61. The maximum Gasteiger partial charge on any atom is 0.245 e. The lowest BCUT2D eigenvalue weighted by Crippen LogP contribution is -2.52. The fraction of sp³-hybridized carbons (Fsp3) is 0.375. The quantitative estimate of drug-likeness (QED) is 0.199. The number of benzene rings is 3. The third kappa shape index (κ3) is 10.2. The van der Waals surface area contributed by atoms with E-state index in [2.05, 4.69) is 16.0 Å². The van der Waals surface area contributed by atoms with E-state index in [0.29, 0.717) is 13.2 Å². The minimum Gasteiger partial charge on any atom is -0.392 e. The third-order valence-corrected chi connectivity index (χ3v) is 6.45. The summed E-state index contributed by atoms with van der Waals surface area (Å²) in [4.78, 5) is 26.0. The van der Waals surface area contributed by atoms with E-state index in [1.807, 2.05) is 92.7 Å². The molecule has 214 valence electrons. The average molecular weight is 548 g/mol. The Labute approximate surface area is 236 Å². The summed E-state index contributed by atoms with van der Waals surface area (Å²) in [7, 11) is 0. The Bertz CT molecular complexity index is 1210. The van der Waals surface area contributed by atoms with Crippen LogP contribution in [0.4, 0.5) is 0 Å². The number of aliphatic hydroxyl groups excluding tert-OH is 2. The first-order valence-corrected chi connectivity index (χ1v) is 13.6. The summed E-state index contributed by atoms with van der Waals surface area (Å²) in [6.45, 7) is 6.36. The van der Waals surface area contributed by atoms with Crippen LogP contribution in [-0.4, -0.2) is 52.9 Å². The van der Waals surface area contributed by atoms with Gasteiger partial charge < -0.3 is 30.9 Å². The van der Waals surface area contributed by atoms with Crippen LogP contribution in [0.2, 0.25) is 0 Å². The predicted octanol–water partition coefficient (Wildman–Crippen LogP) is 3.30. The zero-order valence-corrected chi connectivity index (χ0v) is 23.5. The third-order valence-electron chi connectivity index (χ3n) is 6.45. The van der Waals surface area contributed by atoms with Crippen molar-refractivity contribution in [2.24, 2.45) is 0 Å². The van der Waals surface area contributed by atoms with Crippen LogP contribution < -0.4 is 16.0 Å². The first kappa shape index (κ1) is 31.0. The molecule has 8 heteroatoms. The molecule has 0 heterocycles. The minimum absolute atomic E-state index is 0.0187. The Morgan fingerprint density at radius 1 is 0.925 bits per heavy atom. The lowest BCUT2D eigenvalue weighted by atomic mass is 9.99. The van der Waals surface area contributed by atoms with Gasteiger partial charge in [-0.3, -0.25) is 9.59 Å². The summed E-state index contributed by atoms with van der Waals surface area (Å²) in [6.07, 6.45) is -0.412. The highest BCUT2D eigenvalue weighted by Crippen LogP contribution is 2.24. The number of amides is 2. The summed E-state index contributed by atoms with van der Waals surface area (Å²) in [5.74, 6) is -0.635. The molecule has 0 spiro atoms. The second-order valence-electron chi connectivity index (χ2n) is 10.6. The molecule has 0 fully saturated rings. The van der Waals surface area contributed by atoms with Gasteiger partial charge in [0.2, 0.25) is 11.8 Å². The van der Waals surface area contributed by atoms with Crippen molar-refractivity contribution < 1.29 is 24.5 Å². The number of hydrogen-bond donors (Lipinski definition) is 5. The molecule has 8 nitrogen and oxygen atoms in total. The molecule has 0 saturated heterocycles. The Morgan fingerprint density at radius 3 is 2.27 bits per heavy atom. The molecule has 3 aromatic rings. The van der Waals surface area contributed by atoms with E-state index in [0.717, 1.165) is 27.8 Å². The van der Waals surface area contributed by atoms with Gasteiger partial charge in [0.05, 0.1) is 25.9 Å². The van der Waals surface area contributed by atoms with Gasteiger partial charge in [0.15, 0.2) is 0 Å². The van der Waals surface area contributed by atoms with Crippen molar-refractivity contribution in [3.8, 4) is 11.1 Å². The van der Waals surface area contributed by atoms with Gasteiger partial charge in [0.1, 0.15) is 6.04 Å². The predicted molar refractivity (Wildman–Crippen MR) is 156 cm³/mol. The van der Waals surface area contributed by atoms with E-state index in [1.54, 1.807) is 6.92 Å². The molecule has 0 aliphatic carbocycles. The maximum absolute atomic E-state index is 13.2. The van der Waals surface area contributed by atoms with E-state index in [1.165, 1.54) is 0 Å². The summed E-state index contributed by atoms with van der Waals surface area (Å²) in [6, 6.07) is 24.2. The lowest BCUT2D eigenvalue weighted by molar-refractivity contribution is -0.131. The number of aliphatic hydroxyl groups is 2. The molecule has 2 atom stereocenters. The SMILES string of the molecule is C[C@@H](O)CNC(C)(C)CC(=O)N[C@H](COCc1ccccc1)C(=O)NCc1ccc(-c2ccccc2CO)cc1. The molecule has 2 amide bonds. The average Bonchev–Trinajstić information content (AvgIpc) is 2.95. The number of carbonyl (C=O) groups is 2. The molecule has 3 aromatic carbocycles. The first-order chi connectivity index (χ1) is 19.2. The van der Waals surface area contributed by atoms with Crippen LogP contribution in [0.1, 0.15) is 43.9 Å². The standard InChI is InChI=1S/C32H41N3O5/c1-23(37)18-34-32(2,3)17-30(38)35-29(22-40-21-25-9-5-4-6-10-25)31(39)33-19-24-13-15-26(16-14-24)28-12-8-7-11-27(28)20-36/h4-16,23,29,34,36-37H,17-22H2,1-3H3,(H,33,39)(H,35,38)/t23-,29-/m1/s1. The van der Waals surface area contributed by atoms with Gasteiger partial charge in [-0.25, -0.2) is 0 Å². The number of β-amino-alcohol motifs (C(OH)–C–C–N with tert-alkyl or cyclic N) is 1. The normalized spacial score (nSPS) is 12.9. The molecule has 0 radical (unpaired) electrons. The number of rotatable bonds is 15. The fourth-order valence-electron chi connectivity index (χ4n) is 4.24. The smallest absolute Gasteiger partial charge is 0.245 e. The monoisotopic (exact) mass is 547 g/mol. The maximum atomic E-state index is 13.2. The van der Waals surface area contributed by atoms with E-state index in [9.17, 15) is 19.8 Å². The van der Waals surface area contributed by atoms with Crippen molar-refractivity contribution in [3.05, 3.63) is 95.6 Å². The van der Waals surface area contributed by atoms with Gasteiger partial charge in [-0.2, -0.15) is 0 Å². The van der Waals surface area contributed by atoms with E-state index in [-0.39, 0.29) is 38.0 Å². The summed E-state index contributed by atoms with van der Waals surface area (Å²) < 4.78 is 5.81. The molecule has 5 N–H and O–H groups in total. The highest BCUT2D eigenvalue weighted by molar-refractivity contribution is 5.88. The number of nitrogens with one attached hydrogen (secondary N) is 3. The Hall–Kier alpha value is -3.56. The van der Waals surface area contributed by atoms with E-state index in [4.69, 9.17) is 4.74 Å². The molecular formula is C32H41N3O5. The molecule has 0 unspecified atom stereocenters. The molecular weight excluding hydrogens is 506 g/mol. The zero-order chi connectivity index (χ0) is 29.0. The van der Waals surface area contributed by atoms with Crippen molar-refractivity contribution in [1.82, 2.24) is 16.0 Å². The summed E-state index contributed by atoms with van der Waals surface area (Å²) >= 11 is 0. The molecule has 3 rings (SSSR count). The lowest BCUT2D eigenvalue weighted by Gasteiger charge is -2.28. The largest absolute Gasteiger partial charge is 0.392 e. The van der Waals surface area contributed by atoms with Crippen LogP contribution in [0.15, 0.2) is 78.9 Å². The van der Waals surface area contributed by atoms with Crippen LogP contribution in [0.25, 0.3) is 11.1 Å². The van der Waals surface area contributed by atoms with Crippen LogP contribution in [0.3, 0.4) is 0 Å². The van der Waals surface area contributed by atoms with Gasteiger partial charge in [0.25, 0.3) is 0 Å². The summed E-state index contributed by atoms with van der Waals surface area (Å²) in [5.41, 5.74) is 4.10. The topological polar surface area (TPSA) is 120 Å². The van der Waals surface area contributed by atoms with Gasteiger partial charge in [-0.1, -0.05) is 78.9 Å². The fourth-order valence-corrected chi connectivity index (χ4v) is 4.24. The van der Waals surface area contributed by atoms with Gasteiger partial charge in [0, 0.05) is 25.0 Å². The zero-order valence-electron chi connectivity index (χ0n) is 23.5. The van der Waals surface area contributed by atoms with Crippen LogP contribution in [-0.2, 0) is 34.1 Å². The Morgan fingerprint density at radius 2 is 1.60 bits per heavy atom. The first-order valence-electron chi connectivity index (χ1n) is 13.6. The number of ether oxygens (including phenoxy) is 1. The van der Waals surface area contributed by atoms with E-state index < -0.39 is 17.7 Å². The molecule has 40 heavy (non-hydrogen) atoms. The molecule has 0 aliphatic rings. The van der Waals surface area contributed by atoms with Crippen molar-refractivity contribution in [2.45, 2.75) is 64.6 Å². The second-order valence-corrected chi connectivity index (χ2v) is 10.6. The highest BCUT2D eigenvalue weighted by Gasteiger charge is 2.26. The van der Waals surface area contributed by atoms with Crippen LogP contribution in [0, 0.1) is 0 Å². The van der Waals surface area contributed by atoms with E-state index >= 15 is 0 Å². The number of hydrogen-bond acceptors (Lipinski definition) is 6. The van der Waals surface area contributed by atoms with Gasteiger partial charge in [-0.05, 0) is 48.6 Å². The minimum atomic E-state index is -0.875.